The van der Waals surface area contributed by atoms with Crippen LogP contribution in [0.25, 0.3) is 20.8 Å². The van der Waals surface area contributed by atoms with E-state index in [2.05, 4.69) is 44.9 Å². The quantitative estimate of drug-likeness (QED) is 0.331. The van der Waals surface area contributed by atoms with Gasteiger partial charge in [0.1, 0.15) is 0 Å². The minimum atomic E-state index is 0.140. The van der Waals surface area contributed by atoms with Gasteiger partial charge in [-0.05, 0) is 56.9 Å². The van der Waals surface area contributed by atoms with Crippen molar-refractivity contribution in [2.75, 3.05) is 6.54 Å². The number of nitrogens with one attached hydrogen (secondary N) is 1. The summed E-state index contributed by atoms with van der Waals surface area (Å²) in [5.41, 5.74) is 2.13. The van der Waals surface area contributed by atoms with Crippen molar-refractivity contribution in [1.29, 1.82) is 0 Å². The second kappa shape index (κ2) is 9.61. The number of aryl methyl sites for hydroxylation is 2. The third-order valence-electron chi connectivity index (χ3n) is 4.61. The van der Waals surface area contributed by atoms with Crippen LogP contribution in [0.2, 0.25) is 0 Å². The van der Waals surface area contributed by atoms with Crippen molar-refractivity contribution in [3.05, 3.63) is 56.7 Å². The predicted molar refractivity (Wildman–Crippen MR) is 124 cm³/mol. The summed E-state index contributed by atoms with van der Waals surface area (Å²) in [6.45, 7) is 2.71. The lowest BCUT2D eigenvalue weighted by molar-refractivity contribution is -0.121. The Morgan fingerprint density at radius 3 is 2.76 bits per heavy atom. The molecule has 3 heterocycles. The van der Waals surface area contributed by atoms with E-state index in [0.717, 1.165) is 46.9 Å². The Labute approximate surface area is 182 Å². The van der Waals surface area contributed by atoms with E-state index in [1.54, 1.807) is 34.0 Å². The van der Waals surface area contributed by atoms with Gasteiger partial charge in [0.15, 0.2) is 0 Å². The molecule has 4 rings (SSSR count). The standard InChI is InChI=1S/C22H23N3OS3/c1-15-24-18(14-27-15)20-11-10-16(28-20)12-13-23-21(26)8-4-5-9-22-25-17-6-2-3-7-19(17)29-22/h2-3,6-7,10-11,14H,4-5,8-9,12-13H2,1H3,(H,23,26). The summed E-state index contributed by atoms with van der Waals surface area (Å²) in [4.78, 5) is 23.8. The Kier molecular flexibility index (Phi) is 6.69. The first-order valence-electron chi connectivity index (χ1n) is 9.80. The van der Waals surface area contributed by atoms with E-state index >= 15 is 0 Å². The molecule has 0 aliphatic rings. The molecule has 0 saturated carbocycles. The maximum absolute atomic E-state index is 12.1. The maximum Gasteiger partial charge on any atom is 0.220 e. The zero-order chi connectivity index (χ0) is 20.1. The minimum absolute atomic E-state index is 0.140. The van der Waals surface area contributed by atoms with Crippen LogP contribution in [0.15, 0.2) is 41.8 Å². The third-order valence-corrected chi connectivity index (χ3v) is 7.65. The van der Waals surface area contributed by atoms with Crippen LogP contribution >= 0.6 is 34.0 Å². The first-order valence-corrected chi connectivity index (χ1v) is 12.3. The molecular weight excluding hydrogens is 418 g/mol. The fraction of sp³-hybridized carbons (Fsp3) is 0.318. The monoisotopic (exact) mass is 441 g/mol. The van der Waals surface area contributed by atoms with Crippen LogP contribution in [-0.4, -0.2) is 22.4 Å². The predicted octanol–water partition coefficient (Wildman–Crippen LogP) is 5.86. The number of rotatable bonds is 9. The highest BCUT2D eigenvalue weighted by Gasteiger charge is 2.08. The summed E-state index contributed by atoms with van der Waals surface area (Å²) in [7, 11) is 0. The summed E-state index contributed by atoms with van der Waals surface area (Å²) in [5, 5.41) is 7.39. The van der Waals surface area contributed by atoms with Crippen molar-refractivity contribution in [3.8, 4) is 10.6 Å². The van der Waals surface area contributed by atoms with Crippen LogP contribution < -0.4 is 5.32 Å². The average molecular weight is 442 g/mol. The Hall–Kier alpha value is -2.09. The summed E-state index contributed by atoms with van der Waals surface area (Å²) in [6.07, 6.45) is 4.28. The van der Waals surface area contributed by atoms with Gasteiger partial charge in [-0.1, -0.05) is 12.1 Å². The highest BCUT2D eigenvalue weighted by Crippen LogP contribution is 2.29. The molecular formula is C22H23N3OS3. The molecule has 1 aromatic carbocycles. The van der Waals surface area contributed by atoms with Crippen molar-refractivity contribution in [3.63, 3.8) is 0 Å². The molecule has 1 amide bonds. The van der Waals surface area contributed by atoms with E-state index in [9.17, 15) is 4.79 Å². The second-order valence-corrected chi connectivity index (χ2v) is 10.2. The number of thiophene rings is 1. The number of aromatic nitrogens is 2. The van der Waals surface area contributed by atoms with Crippen molar-refractivity contribution in [2.24, 2.45) is 0 Å². The lowest BCUT2D eigenvalue weighted by atomic mass is 10.2. The molecule has 4 nitrogen and oxygen atoms in total. The number of carbonyl (C=O) groups excluding carboxylic acids is 1. The van der Waals surface area contributed by atoms with Gasteiger partial charge in [0, 0.05) is 23.2 Å². The van der Waals surface area contributed by atoms with Gasteiger partial charge in [-0.15, -0.1) is 34.0 Å². The molecule has 4 aromatic rings. The number of unbranched alkanes of at least 4 members (excludes halogenated alkanes) is 1. The Morgan fingerprint density at radius 2 is 1.93 bits per heavy atom. The fourth-order valence-corrected chi connectivity index (χ4v) is 5.79. The molecule has 0 unspecified atom stereocenters. The van der Waals surface area contributed by atoms with Gasteiger partial charge < -0.3 is 5.32 Å². The first-order chi connectivity index (χ1) is 14.2. The molecule has 0 fully saturated rings. The number of thiazole rings is 2. The van der Waals surface area contributed by atoms with E-state index < -0.39 is 0 Å². The summed E-state index contributed by atoms with van der Waals surface area (Å²) >= 11 is 5.19. The largest absolute Gasteiger partial charge is 0.356 e. The highest BCUT2D eigenvalue weighted by molar-refractivity contribution is 7.18. The lowest BCUT2D eigenvalue weighted by Crippen LogP contribution is -2.25. The molecule has 0 aliphatic heterocycles. The zero-order valence-corrected chi connectivity index (χ0v) is 18.8. The van der Waals surface area contributed by atoms with Gasteiger partial charge in [0.05, 0.1) is 30.8 Å². The van der Waals surface area contributed by atoms with Crippen LogP contribution in [0.3, 0.4) is 0 Å². The summed E-state index contributed by atoms with van der Waals surface area (Å²) in [6, 6.07) is 12.5. The molecule has 3 aromatic heterocycles. The van der Waals surface area contributed by atoms with E-state index in [1.807, 2.05) is 19.1 Å². The van der Waals surface area contributed by atoms with E-state index in [4.69, 9.17) is 0 Å². The van der Waals surface area contributed by atoms with Crippen molar-refractivity contribution in [2.45, 2.75) is 39.0 Å². The van der Waals surface area contributed by atoms with Crippen molar-refractivity contribution in [1.82, 2.24) is 15.3 Å². The molecule has 1 N–H and O–H groups in total. The third kappa shape index (κ3) is 5.50. The number of benzene rings is 1. The molecule has 0 bridgehead atoms. The Balaban J connectivity index is 1.14. The maximum atomic E-state index is 12.1. The van der Waals surface area contributed by atoms with Gasteiger partial charge in [0.25, 0.3) is 0 Å². The molecule has 0 saturated heterocycles. The fourth-order valence-electron chi connectivity index (χ4n) is 3.13. The number of fused-ring (bicyclic) bond motifs is 1. The SMILES string of the molecule is Cc1nc(-c2ccc(CCNC(=O)CCCCc3nc4ccccc4s3)s2)cs1. The molecule has 0 aliphatic carbocycles. The topological polar surface area (TPSA) is 54.9 Å². The van der Waals surface area contributed by atoms with E-state index in [0.29, 0.717) is 13.0 Å². The van der Waals surface area contributed by atoms with Gasteiger partial charge in [-0.2, -0.15) is 0 Å². The van der Waals surface area contributed by atoms with Crippen molar-refractivity contribution >= 4 is 50.1 Å². The summed E-state index contributed by atoms with van der Waals surface area (Å²) in [5.74, 6) is 0.140. The summed E-state index contributed by atoms with van der Waals surface area (Å²) < 4.78 is 1.24. The van der Waals surface area contributed by atoms with Crippen LogP contribution in [0, 0.1) is 6.92 Å². The normalized spacial score (nSPS) is 11.2. The Morgan fingerprint density at radius 1 is 1.03 bits per heavy atom. The number of hydrogen-bond donors (Lipinski definition) is 1. The lowest BCUT2D eigenvalue weighted by Gasteiger charge is -2.04. The van der Waals surface area contributed by atoms with Gasteiger partial charge in [-0.3, -0.25) is 4.79 Å². The highest BCUT2D eigenvalue weighted by atomic mass is 32.1. The molecule has 150 valence electrons. The average Bonchev–Trinajstić information content (AvgIpc) is 3.44. The number of carbonyl (C=O) groups is 1. The first kappa shape index (κ1) is 20.2. The molecule has 0 atom stereocenters. The zero-order valence-electron chi connectivity index (χ0n) is 16.3. The Bertz CT molecular complexity index is 1060. The minimum Gasteiger partial charge on any atom is -0.356 e. The molecule has 29 heavy (non-hydrogen) atoms. The number of amides is 1. The molecule has 0 spiro atoms. The van der Waals surface area contributed by atoms with Crippen LogP contribution in [0.1, 0.15) is 34.2 Å². The van der Waals surface area contributed by atoms with Gasteiger partial charge >= 0.3 is 0 Å². The van der Waals surface area contributed by atoms with Crippen LogP contribution in [0.4, 0.5) is 0 Å². The number of para-hydroxylation sites is 1. The van der Waals surface area contributed by atoms with E-state index in [-0.39, 0.29) is 5.91 Å². The van der Waals surface area contributed by atoms with E-state index in [1.165, 1.54) is 14.5 Å². The van der Waals surface area contributed by atoms with Crippen LogP contribution in [0.5, 0.6) is 0 Å². The van der Waals surface area contributed by atoms with Crippen LogP contribution in [-0.2, 0) is 17.6 Å². The van der Waals surface area contributed by atoms with Crippen molar-refractivity contribution < 1.29 is 4.79 Å². The number of hydrogen-bond acceptors (Lipinski definition) is 6. The number of nitrogens with zero attached hydrogens (tertiary/aromatic N) is 2. The van der Waals surface area contributed by atoms with Gasteiger partial charge in [-0.25, -0.2) is 9.97 Å². The second-order valence-electron chi connectivity index (χ2n) is 6.90. The smallest absolute Gasteiger partial charge is 0.220 e. The van der Waals surface area contributed by atoms with Gasteiger partial charge in [0.2, 0.25) is 5.91 Å². The molecule has 7 heteroatoms. The molecule has 0 radical (unpaired) electrons.